The Hall–Kier alpha value is -1.32. The fourth-order valence-electron chi connectivity index (χ4n) is 0.878. The third-order valence-electron chi connectivity index (χ3n) is 1.51. The Labute approximate surface area is 71.0 Å². The van der Waals surface area contributed by atoms with Crippen LogP contribution in [0.4, 0.5) is 4.79 Å². The summed E-state index contributed by atoms with van der Waals surface area (Å²) >= 11 is 0. The Morgan fingerprint density at radius 1 is 1.33 bits per heavy atom. The average molecular weight is 168 g/mol. The van der Waals surface area contributed by atoms with Gasteiger partial charge in [0.15, 0.2) is 0 Å². The van der Waals surface area contributed by atoms with Crippen LogP contribution in [0.5, 0.6) is 0 Å². The van der Waals surface area contributed by atoms with Gasteiger partial charge in [-0.2, -0.15) is 0 Å². The summed E-state index contributed by atoms with van der Waals surface area (Å²) < 4.78 is 0. The first-order valence-corrected chi connectivity index (χ1v) is 3.92. The van der Waals surface area contributed by atoms with Crippen LogP contribution in [-0.2, 0) is 4.79 Å². The van der Waals surface area contributed by atoms with Gasteiger partial charge in [-0.1, -0.05) is 19.9 Å². The normalized spacial score (nSPS) is 20.1. The molecule has 0 unspecified atom stereocenters. The number of hydrogen-bond acceptors (Lipinski definition) is 2. The van der Waals surface area contributed by atoms with E-state index < -0.39 is 6.03 Å². The Morgan fingerprint density at radius 2 is 2.00 bits per heavy atom. The summed E-state index contributed by atoms with van der Waals surface area (Å²) in [4.78, 5) is 21.6. The van der Waals surface area contributed by atoms with Gasteiger partial charge in [0.25, 0.3) is 5.91 Å². The van der Waals surface area contributed by atoms with Gasteiger partial charge >= 0.3 is 6.03 Å². The molecule has 1 aliphatic heterocycles. The summed E-state index contributed by atoms with van der Waals surface area (Å²) in [5.41, 5.74) is 0.369. The summed E-state index contributed by atoms with van der Waals surface area (Å²) in [6.45, 7) is 4.09. The van der Waals surface area contributed by atoms with Crippen LogP contribution in [0.2, 0.25) is 0 Å². The highest BCUT2D eigenvalue weighted by molar-refractivity contribution is 6.11. The van der Waals surface area contributed by atoms with Crippen molar-refractivity contribution in [3.63, 3.8) is 0 Å². The molecule has 1 fully saturated rings. The van der Waals surface area contributed by atoms with Crippen molar-refractivity contribution in [2.75, 3.05) is 0 Å². The standard InChI is InChI=1S/C8H12N2O2/c1-5(2)3-4-6-7(11)10-8(12)9-6/h4-5H,3H2,1-2H3,(H2,9,10,11,12)/b6-4-. The maximum absolute atomic E-state index is 10.9. The van der Waals surface area contributed by atoms with Crippen molar-refractivity contribution >= 4 is 11.9 Å². The highest BCUT2D eigenvalue weighted by Crippen LogP contribution is 2.05. The molecular weight excluding hydrogens is 156 g/mol. The molecule has 1 aliphatic rings. The highest BCUT2D eigenvalue weighted by atomic mass is 16.2. The molecule has 0 aromatic rings. The minimum Gasteiger partial charge on any atom is -0.303 e. The van der Waals surface area contributed by atoms with Crippen LogP contribution in [0, 0.1) is 5.92 Å². The van der Waals surface area contributed by atoms with Crippen LogP contribution in [-0.4, -0.2) is 11.9 Å². The van der Waals surface area contributed by atoms with Gasteiger partial charge < -0.3 is 5.32 Å². The quantitative estimate of drug-likeness (QED) is 0.472. The lowest BCUT2D eigenvalue weighted by atomic mass is 10.1. The molecule has 12 heavy (non-hydrogen) atoms. The zero-order chi connectivity index (χ0) is 9.14. The molecule has 0 atom stereocenters. The van der Waals surface area contributed by atoms with Crippen LogP contribution in [0.3, 0.4) is 0 Å². The van der Waals surface area contributed by atoms with Crippen molar-refractivity contribution in [3.8, 4) is 0 Å². The van der Waals surface area contributed by atoms with Gasteiger partial charge in [0.2, 0.25) is 0 Å². The Morgan fingerprint density at radius 3 is 2.42 bits per heavy atom. The average Bonchev–Trinajstić information content (AvgIpc) is 2.26. The highest BCUT2D eigenvalue weighted by Gasteiger charge is 2.22. The van der Waals surface area contributed by atoms with Crippen molar-refractivity contribution in [1.29, 1.82) is 0 Å². The maximum atomic E-state index is 10.9. The van der Waals surface area contributed by atoms with Gasteiger partial charge in [0.1, 0.15) is 5.70 Å². The molecule has 0 aliphatic carbocycles. The second-order valence-corrected chi connectivity index (χ2v) is 3.16. The fraction of sp³-hybridized carbons (Fsp3) is 0.500. The van der Waals surface area contributed by atoms with Crippen molar-refractivity contribution in [3.05, 3.63) is 11.8 Å². The van der Waals surface area contributed by atoms with Crippen LogP contribution in [0.15, 0.2) is 11.8 Å². The van der Waals surface area contributed by atoms with Crippen molar-refractivity contribution < 1.29 is 9.59 Å². The number of nitrogens with one attached hydrogen (secondary N) is 2. The third-order valence-corrected chi connectivity index (χ3v) is 1.51. The minimum atomic E-state index is -0.435. The smallest absolute Gasteiger partial charge is 0.303 e. The minimum absolute atomic E-state index is 0.333. The van der Waals surface area contributed by atoms with E-state index in [-0.39, 0.29) is 5.91 Å². The molecule has 0 saturated carbocycles. The lowest BCUT2D eigenvalue weighted by Crippen LogP contribution is -2.22. The number of urea groups is 1. The van der Waals surface area contributed by atoms with Gasteiger partial charge in [-0.3, -0.25) is 10.1 Å². The van der Waals surface area contributed by atoms with Crippen LogP contribution >= 0.6 is 0 Å². The number of imide groups is 1. The van der Waals surface area contributed by atoms with Crippen molar-refractivity contribution in [1.82, 2.24) is 10.6 Å². The molecule has 0 aromatic heterocycles. The zero-order valence-corrected chi connectivity index (χ0v) is 7.18. The van der Waals surface area contributed by atoms with Gasteiger partial charge in [0, 0.05) is 0 Å². The monoisotopic (exact) mass is 168 g/mol. The molecular formula is C8H12N2O2. The van der Waals surface area contributed by atoms with Gasteiger partial charge in [-0.15, -0.1) is 0 Å². The molecule has 4 nitrogen and oxygen atoms in total. The number of carbonyl (C=O) groups excluding carboxylic acids is 2. The topological polar surface area (TPSA) is 58.2 Å². The maximum Gasteiger partial charge on any atom is 0.326 e. The summed E-state index contributed by atoms with van der Waals surface area (Å²) in [5.74, 6) is 0.156. The van der Waals surface area contributed by atoms with E-state index in [9.17, 15) is 9.59 Å². The Kier molecular flexibility index (Phi) is 2.47. The molecule has 66 valence electrons. The van der Waals surface area contributed by atoms with E-state index in [1.807, 2.05) is 13.8 Å². The molecule has 0 spiro atoms. The number of allylic oxidation sites excluding steroid dienone is 1. The van der Waals surface area contributed by atoms with Crippen molar-refractivity contribution in [2.45, 2.75) is 20.3 Å². The lowest BCUT2D eigenvalue weighted by molar-refractivity contribution is -0.115. The molecule has 0 radical (unpaired) electrons. The second-order valence-electron chi connectivity index (χ2n) is 3.16. The van der Waals surface area contributed by atoms with Crippen LogP contribution in [0.25, 0.3) is 0 Å². The third kappa shape index (κ3) is 2.08. The van der Waals surface area contributed by atoms with E-state index in [0.717, 1.165) is 6.42 Å². The first-order chi connectivity index (χ1) is 5.59. The van der Waals surface area contributed by atoms with E-state index in [2.05, 4.69) is 10.6 Å². The summed E-state index contributed by atoms with van der Waals surface area (Å²) in [6, 6.07) is -0.435. The molecule has 1 rings (SSSR count). The predicted octanol–water partition coefficient (Wildman–Crippen LogP) is 0.756. The van der Waals surface area contributed by atoms with E-state index >= 15 is 0 Å². The molecule has 0 aromatic carbocycles. The Bertz CT molecular complexity index is 243. The van der Waals surface area contributed by atoms with Crippen LogP contribution < -0.4 is 10.6 Å². The summed E-state index contributed by atoms with van der Waals surface area (Å²) in [5, 5.41) is 4.55. The zero-order valence-electron chi connectivity index (χ0n) is 7.18. The number of hydrogen-bond donors (Lipinski definition) is 2. The summed E-state index contributed by atoms with van der Waals surface area (Å²) in [6.07, 6.45) is 2.54. The molecule has 2 N–H and O–H groups in total. The molecule has 1 heterocycles. The molecule has 0 bridgehead atoms. The van der Waals surface area contributed by atoms with Gasteiger partial charge in [0.05, 0.1) is 0 Å². The number of amides is 3. The van der Waals surface area contributed by atoms with E-state index in [1.165, 1.54) is 0 Å². The summed E-state index contributed by atoms with van der Waals surface area (Å²) in [7, 11) is 0. The van der Waals surface area contributed by atoms with E-state index in [4.69, 9.17) is 0 Å². The second kappa shape index (κ2) is 3.38. The number of rotatable bonds is 2. The molecule has 1 saturated heterocycles. The lowest BCUT2D eigenvalue weighted by Gasteiger charge is -1.98. The van der Waals surface area contributed by atoms with E-state index in [0.29, 0.717) is 11.6 Å². The van der Waals surface area contributed by atoms with Crippen molar-refractivity contribution in [2.24, 2.45) is 5.92 Å². The SMILES string of the molecule is CC(C)C/C=C1\NC(=O)NC1=O. The largest absolute Gasteiger partial charge is 0.326 e. The predicted molar refractivity (Wildman–Crippen MR) is 44.2 cm³/mol. The van der Waals surface area contributed by atoms with Crippen LogP contribution in [0.1, 0.15) is 20.3 Å². The van der Waals surface area contributed by atoms with Gasteiger partial charge in [-0.25, -0.2) is 4.79 Å². The first kappa shape index (κ1) is 8.77. The molecule has 3 amide bonds. The first-order valence-electron chi connectivity index (χ1n) is 3.92. The van der Waals surface area contributed by atoms with Gasteiger partial charge in [-0.05, 0) is 12.3 Å². The number of carbonyl (C=O) groups is 2. The molecule has 4 heteroatoms. The Balaban J connectivity index is 2.57. The fourth-order valence-corrected chi connectivity index (χ4v) is 0.878. The van der Waals surface area contributed by atoms with E-state index in [1.54, 1.807) is 6.08 Å².